The van der Waals surface area contributed by atoms with Gasteiger partial charge in [0.1, 0.15) is 6.04 Å². The fraction of sp³-hybridized carbons (Fsp3) is 0.421. The van der Waals surface area contributed by atoms with Crippen molar-refractivity contribution >= 4 is 22.7 Å². The second-order valence-corrected chi connectivity index (χ2v) is 6.37. The Balaban J connectivity index is 1.84. The standard InChI is InChI=1S/C19H23N3O2/c1-3-10-20-18(23)12(2)21-19(24)15-11-17(13-8-9-13)22-16-7-5-4-6-14(15)16/h4-7,11-13H,3,8-10H2,1-2H3,(H,20,23)(H,21,24)/t12-/m1/s1. The van der Waals surface area contributed by atoms with E-state index < -0.39 is 6.04 Å². The Morgan fingerprint density at radius 1 is 1.29 bits per heavy atom. The highest BCUT2D eigenvalue weighted by atomic mass is 16.2. The molecular weight excluding hydrogens is 302 g/mol. The SMILES string of the molecule is CCCNC(=O)[C@@H](C)NC(=O)c1cc(C2CC2)nc2ccccc12. The lowest BCUT2D eigenvalue weighted by molar-refractivity contribution is -0.122. The van der Waals surface area contributed by atoms with Gasteiger partial charge in [-0.2, -0.15) is 0 Å². The number of nitrogens with one attached hydrogen (secondary N) is 2. The van der Waals surface area contributed by atoms with E-state index in [-0.39, 0.29) is 11.8 Å². The van der Waals surface area contributed by atoms with Crippen molar-refractivity contribution in [2.75, 3.05) is 6.54 Å². The highest BCUT2D eigenvalue weighted by Crippen LogP contribution is 2.40. The molecule has 0 aliphatic heterocycles. The van der Waals surface area contributed by atoms with Crippen LogP contribution in [0.2, 0.25) is 0 Å². The first kappa shape index (κ1) is 16.4. The number of aromatic nitrogens is 1. The quantitative estimate of drug-likeness (QED) is 0.858. The molecule has 5 heteroatoms. The molecule has 0 unspecified atom stereocenters. The van der Waals surface area contributed by atoms with Crippen LogP contribution in [0.5, 0.6) is 0 Å². The molecule has 1 aliphatic rings. The molecule has 1 aromatic carbocycles. The van der Waals surface area contributed by atoms with Gasteiger partial charge >= 0.3 is 0 Å². The van der Waals surface area contributed by atoms with Gasteiger partial charge in [0.2, 0.25) is 5.91 Å². The largest absolute Gasteiger partial charge is 0.354 e. The summed E-state index contributed by atoms with van der Waals surface area (Å²) >= 11 is 0. The fourth-order valence-electron chi connectivity index (χ4n) is 2.71. The lowest BCUT2D eigenvalue weighted by Crippen LogP contribution is -2.45. The van der Waals surface area contributed by atoms with Crippen molar-refractivity contribution in [2.24, 2.45) is 0 Å². The van der Waals surface area contributed by atoms with E-state index in [1.165, 1.54) is 0 Å². The molecule has 2 amide bonds. The number of amides is 2. The average Bonchev–Trinajstić information content (AvgIpc) is 3.43. The van der Waals surface area contributed by atoms with Gasteiger partial charge in [-0.15, -0.1) is 0 Å². The van der Waals surface area contributed by atoms with Crippen LogP contribution in [0.1, 0.15) is 55.1 Å². The van der Waals surface area contributed by atoms with Crippen molar-refractivity contribution in [3.8, 4) is 0 Å². The molecule has 1 aromatic heterocycles. The molecule has 0 saturated heterocycles. The lowest BCUT2D eigenvalue weighted by Gasteiger charge is -2.15. The van der Waals surface area contributed by atoms with Crippen LogP contribution < -0.4 is 10.6 Å². The topological polar surface area (TPSA) is 71.1 Å². The number of nitrogens with zero attached hydrogens (tertiary/aromatic N) is 1. The number of hydrogen-bond acceptors (Lipinski definition) is 3. The molecule has 126 valence electrons. The van der Waals surface area contributed by atoms with E-state index in [0.29, 0.717) is 18.0 Å². The summed E-state index contributed by atoms with van der Waals surface area (Å²) in [6, 6.07) is 8.96. The molecule has 1 heterocycles. The lowest BCUT2D eigenvalue weighted by atomic mass is 10.0. The van der Waals surface area contributed by atoms with Crippen molar-refractivity contribution in [2.45, 2.75) is 45.1 Å². The van der Waals surface area contributed by atoms with E-state index in [9.17, 15) is 9.59 Å². The van der Waals surface area contributed by atoms with Gasteiger partial charge in [0.05, 0.1) is 11.1 Å². The van der Waals surface area contributed by atoms with Crippen molar-refractivity contribution in [1.82, 2.24) is 15.6 Å². The predicted octanol–water partition coefficient (Wildman–Crippen LogP) is 2.76. The minimum atomic E-state index is -0.569. The van der Waals surface area contributed by atoms with Gasteiger partial charge < -0.3 is 10.6 Å². The third-order valence-electron chi connectivity index (χ3n) is 4.27. The van der Waals surface area contributed by atoms with Gasteiger partial charge in [0, 0.05) is 23.5 Å². The van der Waals surface area contributed by atoms with Gasteiger partial charge in [0.25, 0.3) is 5.91 Å². The van der Waals surface area contributed by atoms with Crippen LogP contribution >= 0.6 is 0 Å². The predicted molar refractivity (Wildman–Crippen MR) is 93.9 cm³/mol. The Morgan fingerprint density at radius 3 is 2.75 bits per heavy atom. The maximum Gasteiger partial charge on any atom is 0.252 e. The molecule has 2 N–H and O–H groups in total. The maximum atomic E-state index is 12.7. The van der Waals surface area contributed by atoms with Crippen LogP contribution in [0.15, 0.2) is 30.3 Å². The smallest absolute Gasteiger partial charge is 0.252 e. The zero-order valence-corrected chi connectivity index (χ0v) is 14.1. The van der Waals surface area contributed by atoms with E-state index in [1.54, 1.807) is 6.92 Å². The van der Waals surface area contributed by atoms with E-state index in [0.717, 1.165) is 35.9 Å². The minimum absolute atomic E-state index is 0.161. The second kappa shape index (κ2) is 6.99. The first-order valence-corrected chi connectivity index (χ1v) is 8.58. The molecule has 1 aliphatic carbocycles. The number of benzene rings is 1. The molecular formula is C19H23N3O2. The van der Waals surface area contributed by atoms with Crippen LogP contribution in [-0.4, -0.2) is 29.4 Å². The summed E-state index contributed by atoms with van der Waals surface area (Å²) in [5.41, 5.74) is 2.40. The normalized spacial score (nSPS) is 15.1. The number of fused-ring (bicyclic) bond motifs is 1. The van der Waals surface area contributed by atoms with Gasteiger partial charge in [0.15, 0.2) is 0 Å². The summed E-state index contributed by atoms with van der Waals surface area (Å²) < 4.78 is 0. The van der Waals surface area contributed by atoms with Gasteiger partial charge in [-0.3, -0.25) is 14.6 Å². The Morgan fingerprint density at radius 2 is 2.04 bits per heavy atom. The van der Waals surface area contributed by atoms with E-state index in [1.807, 2.05) is 37.3 Å². The van der Waals surface area contributed by atoms with Crippen LogP contribution in [0.3, 0.4) is 0 Å². The van der Waals surface area contributed by atoms with Crippen LogP contribution in [0.4, 0.5) is 0 Å². The minimum Gasteiger partial charge on any atom is -0.354 e. The van der Waals surface area contributed by atoms with Crippen molar-refractivity contribution < 1.29 is 9.59 Å². The first-order chi connectivity index (χ1) is 11.6. The third-order valence-corrected chi connectivity index (χ3v) is 4.27. The summed E-state index contributed by atoms with van der Waals surface area (Å²) in [7, 11) is 0. The van der Waals surface area contributed by atoms with Gasteiger partial charge in [-0.05, 0) is 38.3 Å². The fourth-order valence-corrected chi connectivity index (χ4v) is 2.71. The van der Waals surface area contributed by atoms with Crippen molar-refractivity contribution in [1.29, 1.82) is 0 Å². The molecule has 0 radical (unpaired) electrons. The molecule has 2 aromatic rings. The van der Waals surface area contributed by atoms with Crippen LogP contribution in [0, 0.1) is 0 Å². The molecule has 1 saturated carbocycles. The number of carbonyl (C=O) groups excluding carboxylic acids is 2. The summed E-state index contributed by atoms with van der Waals surface area (Å²) in [6.07, 6.45) is 3.12. The molecule has 0 bridgehead atoms. The average molecular weight is 325 g/mol. The molecule has 1 atom stereocenters. The van der Waals surface area contributed by atoms with E-state index in [4.69, 9.17) is 0 Å². The Bertz CT molecular complexity index is 768. The number of rotatable bonds is 6. The molecule has 24 heavy (non-hydrogen) atoms. The van der Waals surface area contributed by atoms with Crippen molar-refractivity contribution in [3.63, 3.8) is 0 Å². The first-order valence-electron chi connectivity index (χ1n) is 8.58. The van der Waals surface area contributed by atoms with Crippen LogP contribution in [0.25, 0.3) is 10.9 Å². The maximum absolute atomic E-state index is 12.7. The van der Waals surface area contributed by atoms with Gasteiger partial charge in [-0.25, -0.2) is 0 Å². The van der Waals surface area contributed by atoms with Crippen LogP contribution in [-0.2, 0) is 4.79 Å². The summed E-state index contributed by atoms with van der Waals surface area (Å²) in [5, 5.41) is 6.42. The number of pyridine rings is 1. The summed E-state index contributed by atoms with van der Waals surface area (Å²) in [5.74, 6) is 0.0760. The highest BCUT2D eigenvalue weighted by molar-refractivity contribution is 6.07. The number of carbonyl (C=O) groups is 2. The van der Waals surface area contributed by atoms with Gasteiger partial charge in [-0.1, -0.05) is 25.1 Å². The zero-order chi connectivity index (χ0) is 17.1. The second-order valence-electron chi connectivity index (χ2n) is 6.37. The van der Waals surface area contributed by atoms with E-state index in [2.05, 4.69) is 15.6 Å². The number of para-hydroxylation sites is 1. The third kappa shape index (κ3) is 3.55. The molecule has 1 fully saturated rings. The summed E-state index contributed by atoms with van der Waals surface area (Å²) in [6.45, 7) is 4.31. The Kier molecular flexibility index (Phi) is 4.79. The monoisotopic (exact) mass is 325 g/mol. The summed E-state index contributed by atoms with van der Waals surface area (Å²) in [4.78, 5) is 29.4. The van der Waals surface area contributed by atoms with Crippen molar-refractivity contribution in [3.05, 3.63) is 41.6 Å². The molecule has 0 spiro atoms. The molecule has 3 rings (SSSR count). The Labute approximate surface area is 141 Å². The van der Waals surface area contributed by atoms with E-state index >= 15 is 0 Å². The molecule has 5 nitrogen and oxygen atoms in total. The number of hydrogen-bond donors (Lipinski definition) is 2. The Hall–Kier alpha value is -2.43. The highest BCUT2D eigenvalue weighted by Gasteiger charge is 2.27. The zero-order valence-electron chi connectivity index (χ0n) is 14.1.